The second kappa shape index (κ2) is 11.9. The van der Waals surface area contributed by atoms with Crippen molar-refractivity contribution in [3.05, 3.63) is 119 Å². The first kappa shape index (κ1) is 29.8. The third kappa shape index (κ3) is 5.83. The summed E-state index contributed by atoms with van der Waals surface area (Å²) in [5, 5.41) is 3.61. The number of benzene rings is 3. The first-order valence-corrected chi connectivity index (χ1v) is 14.6. The number of rotatable bonds is 2. The maximum Gasteiger partial charge on any atom is 0.122 e. The molecular weight excluding hydrogens is 713 g/mol. The van der Waals surface area contributed by atoms with Gasteiger partial charge in [-0.1, -0.05) is 49.9 Å². The molecule has 0 fully saturated rings. The van der Waals surface area contributed by atoms with E-state index >= 15 is 0 Å². The molecule has 7 aromatic rings. The van der Waals surface area contributed by atoms with Gasteiger partial charge in [-0.05, 0) is 77.8 Å². The van der Waals surface area contributed by atoms with Crippen molar-refractivity contribution in [2.24, 2.45) is 0 Å². The third-order valence-electron chi connectivity index (χ3n) is 7.27. The molecule has 0 aliphatic heterocycles. The molecule has 0 aliphatic rings. The first-order chi connectivity index (χ1) is 19.7. The number of aryl methyl sites for hydroxylation is 3. The SMILES string of the molecule is Cc1cc2ccc3oc4c(-c5cc(C(C)(C)C)c(C)cn5)[c-]ccc4c3c2s1.Cc1ccc(-c2[c-]cccc2)nc1.[Ir]. The van der Waals surface area contributed by atoms with Crippen LogP contribution in [0, 0.1) is 32.9 Å². The summed E-state index contributed by atoms with van der Waals surface area (Å²) < 4.78 is 7.64. The zero-order chi connectivity index (χ0) is 28.7. The normalized spacial score (nSPS) is 11.4. The fraction of sp³-hybridized carbons (Fsp3) is 0.189. The van der Waals surface area contributed by atoms with Crippen LogP contribution in [0.5, 0.6) is 0 Å². The molecule has 3 aromatic carbocycles. The summed E-state index contributed by atoms with van der Waals surface area (Å²) in [7, 11) is 0. The molecule has 7 rings (SSSR count). The maximum absolute atomic E-state index is 6.35. The van der Waals surface area contributed by atoms with Crippen LogP contribution in [0.3, 0.4) is 0 Å². The van der Waals surface area contributed by atoms with E-state index in [1.165, 1.54) is 37.0 Å². The molecule has 0 aliphatic carbocycles. The van der Waals surface area contributed by atoms with E-state index in [2.05, 4.69) is 88.1 Å². The summed E-state index contributed by atoms with van der Waals surface area (Å²) >= 11 is 1.82. The Morgan fingerprint density at radius 2 is 1.62 bits per heavy atom. The number of furan rings is 1. The van der Waals surface area contributed by atoms with Gasteiger partial charge in [-0.15, -0.1) is 65.4 Å². The van der Waals surface area contributed by atoms with E-state index in [9.17, 15) is 0 Å². The van der Waals surface area contributed by atoms with E-state index in [0.29, 0.717) is 0 Å². The van der Waals surface area contributed by atoms with Crippen molar-refractivity contribution in [1.29, 1.82) is 0 Å². The molecule has 0 N–H and O–H groups in total. The van der Waals surface area contributed by atoms with Gasteiger partial charge in [0, 0.05) is 47.5 Å². The Kier molecular flexibility index (Phi) is 8.48. The topological polar surface area (TPSA) is 38.9 Å². The summed E-state index contributed by atoms with van der Waals surface area (Å²) in [4.78, 5) is 10.4. The van der Waals surface area contributed by atoms with Crippen LogP contribution in [-0.4, -0.2) is 9.97 Å². The largest absolute Gasteiger partial charge is 0.501 e. The van der Waals surface area contributed by atoms with Crippen molar-refractivity contribution in [3.63, 3.8) is 0 Å². The molecule has 0 spiro atoms. The number of aromatic nitrogens is 2. The zero-order valence-corrected chi connectivity index (χ0v) is 27.8. The molecule has 0 amide bonds. The average molecular weight is 745 g/mol. The van der Waals surface area contributed by atoms with E-state index in [0.717, 1.165) is 39.1 Å². The number of pyridine rings is 2. The number of hydrogen-bond donors (Lipinski definition) is 0. The summed E-state index contributed by atoms with van der Waals surface area (Å²) in [5.41, 5.74) is 9.41. The Morgan fingerprint density at radius 1 is 0.810 bits per heavy atom. The van der Waals surface area contributed by atoms with Gasteiger partial charge in [0.05, 0.1) is 5.58 Å². The second-order valence-electron chi connectivity index (χ2n) is 11.5. The van der Waals surface area contributed by atoms with E-state index in [-0.39, 0.29) is 25.5 Å². The van der Waals surface area contributed by atoms with Gasteiger partial charge in [-0.25, -0.2) is 0 Å². The monoisotopic (exact) mass is 745 g/mol. The van der Waals surface area contributed by atoms with Gasteiger partial charge in [0.1, 0.15) is 5.58 Å². The summed E-state index contributed by atoms with van der Waals surface area (Å²) in [6, 6.07) is 31.2. The molecule has 4 aromatic heterocycles. The number of thiophene rings is 1. The minimum Gasteiger partial charge on any atom is -0.501 e. The van der Waals surface area contributed by atoms with Crippen molar-refractivity contribution >= 4 is 43.4 Å². The predicted molar refractivity (Wildman–Crippen MR) is 173 cm³/mol. The van der Waals surface area contributed by atoms with Gasteiger partial charge in [0.15, 0.2) is 0 Å². The summed E-state index contributed by atoms with van der Waals surface area (Å²) in [6.45, 7) is 13.0. The van der Waals surface area contributed by atoms with Gasteiger partial charge in [0.25, 0.3) is 0 Å². The summed E-state index contributed by atoms with van der Waals surface area (Å²) in [6.07, 6.45) is 3.84. The fourth-order valence-electron chi connectivity index (χ4n) is 5.29. The second-order valence-corrected chi connectivity index (χ2v) is 12.8. The molecule has 0 unspecified atom stereocenters. The maximum atomic E-state index is 6.35. The van der Waals surface area contributed by atoms with Gasteiger partial charge >= 0.3 is 0 Å². The van der Waals surface area contributed by atoms with Crippen LogP contribution in [-0.2, 0) is 25.5 Å². The molecule has 42 heavy (non-hydrogen) atoms. The molecule has 0 saturated heterocycles. The zero-order valence-electron chi connectivity index (χ0n) is 24.6. The van der Waals surface area contributed by atoms with Crippen molar-refractivity contribution in [1.82, 2.24) is 9.97 Å². The predicted octanol–water partition coefficient (Wildman–Crippen LogP) is 10.4. The van der Waals surface area contributed by atoms with E-state index in [1.807, 2.05) is 67.1 Å². The van der Waals surface area contributed by atoms with E-state index in [4.69, 9.17) is 9.40 Å². The number of hydrogen-bond acceptors (Lipinski definition) is 4. The van der Waals surface area contributed by atoms with Crippen LogP contribution in [0.2, 0.25) is 0 Å². The molecular formula is C37H32IrN2OS-2. The van der Waals surface area contributed by atoms with Crippen LogP contribution in [0.4, 0.5) is 0 Å². The van der Waals surface area contributed by atoms with E-state index in [1.54, 1.807) is 0 Å². The van der Waals surface area contributed by atoms with Crippen molar-refractivity contribution in [2.45, 2.75) is 47.0 Å². The van der Waals surface area contributed by atoms with Crippen LogP contribution >= 0.6 is 11.3 Å². The van der Waals surface area contributed by atoms with Crippen molar-refractivity contribution in [3.8, 4) is 22.5 Å². The minimum absolute atomic E-state index is 0. The van der Waals surface area contributed by atoms with Crippen molar-refractivity contribution < 1.29 is 24.5 Å². The molecule has 1 radical (unpaired) electrons. The molecule has 0 bridgehead atoms. The first-order valence-electron chi connectivity index (χ1n) is 13.8. The number of fused-ring (bicyclic) bond motifs is 5. The van der Waals surface area contributed by atoms with E-state index < -0.39 is 0 Å². The smallest absolute Gasteiger partial charge is 0.122 e. The van der Waals surface area contributed by atoms with Gasteiger partial charge < -0.3 is 14.4 Å². The molecule has 4 heterocycles. The van der Waals surface area contributed by atoms with Crippen LogP contribution < -0.4 is 0 Å². The summed E-state index contributed by atoms with van der Waals surface area (Å²) in [5.74, 6) is 0. The van der Waals surface area contributed by atoms with Gasteiger partial charge in [-0.3, -0.25) is 0 Å². The van der Waals surface area contributed by atoms with Crippen LogP contribution in [0.1, 0.15) is 42.3 Å². The molecule has 0 saturated carbocycles. The van der Waals surface area contributed by atoms with Crippen LogP contribution in [0.25, 0.3) is 54.5 Å². The van der Waals surface area contributed by atoms with Crippen molar-refractivity contribution in [2.75, 3.05) is 0 Å². The Bertz CT molecular complexity index is 2000. The minimum atomic E-state index is 0. The van der Waals surface area contributed by atoms with Gasteiger partial charge in [-0.2, -0.15) is 0 Å². The average Bonchev–Trinajstić information content (AvgIpc) is 3.53. The Balaban J connectivity index is 0.000000212. The van der Waals surface area contributed by atoms with Gasteiger partial charge in [0.2, 0.25) is 0 Å². The van der Waals surface area contributed by atoms with Crippen LogP contribution in [0.15, 0.2) is 89.6 Å². The molecule has 213 valence electrons. The molecule has 5 heteroatoms. The number of nitrogens with zero attached hydrogens (tertiary/aromatic N) is 2. The Morgan fingerprint density at radius 3 is 2.33 bits per heavy atom. The Labute approximate surface area is 265 Å². The molecule has 0 atom stereocenters. The Hall–Kier alpha value is -3.63. The third-order valence-corrected chi connectivity index (χ3v) is 8.35. The standard InChI is InChI=1S/C25H22NOS.C12H10N.Ir/c1-14-13-26-20(12-19(14)25(3,4)5)17-7-6-8-18-22-21(27-23(17)18)10-9-16-11-15(2)28-24(16)22;1-10-7-8-12(13-9-10)11-5-3-2-4-6-11;/h6,8-13H,1-5H3;2-5,7-9H,1H3;/q2*-1;. The fourth-order valence-corrected chi connectivity index (χ4v) is 6.35. The quantitative estimate of drug-likeness (QED) is 0.166. The molecule has 3 nitrogen and oxygen atoms in total.